The molecule has 0 aliphatic rings. The van der Waals surface area contributed by atoms with Gasteiger partial charge in [-0.15, -0.1) is 0 Å². The number of carboxylic acid groups (broad SMARTS) is 1. The van der Waals surface area contributed by atoms with Gasteiger partial charge in [0.15, 0.2) is 12.7 Å². The number of hydrogen-bond acceptors (Lipinski definition) is 4. The van der Waals surface area contributed by atoms with E-state index in [-0.39, 0.29) is 25.0 Å². The van der Waals surface area contributed by atoms with Gasteiger partial charge in [-0.2, -0.15) is 0 Å². The van der Waals surface area contributed by atoms with Crippen LogP contribution >= 0.6 is 0 Å². The van der Waals surface area contributed by atoms with Crippen molar-refractivity contribution in [2.75, 3.05) is 13.7 Å². The molecule has 0 spiro atoms. The highest BCUT2D eigenvalue weighted by Gasteiger charge is 2.16. The van der Waals surface area contributed by atoms with Gasteiger partial charge in [0.25, 0.3) is 5.91 Å². The Labute approximate surface area is 152 Å². The predicted octanol–water partition coefficient (Wildman–Crippen LogP) is 2.58. The maximum absolute atomic E-state index is 12.0. The van der Waals surface area contributed by atoms with E-state index in [0.29, 0.717) is 5.75 Å². The zero-order valence-electron chi connectivity index (χ0n) is 14.8. The smallest absolute Gasteiger partial charge is 0.333 e. The first-order chi connectivity index (χ1) is 12.5. The van der Waals surface area contributed by atoms with E-state index in [1.165, 1.54) is 7.11 Å². The molecule has 0 unspecified atom stereocenters. The Morgan fingerprint density at radius 2 is 1.73 bits per heavy atom. The number of aliphatic carboxylic acids is 1. The fraction of sp³-hybridized carbons (Fsp3) is 0.300. The molecule has 0 aliphatic carbocycles. The lowest BCUT2D eigenvalue weighted by Gasteiger charge is -2.15. The van der Waals surface area contributed by atoms with Gasteiger partial charge >= 0.3 is 5.97 Å². The number of carbonyl (C=O) groups is 2. The summed E-state index contributed by atoms with van der Waals surface area (Å²) < 4.78 is 10.4. The first-order valence-corrected chi connectivity index (χ1v) is 8.31. The SMILES string of the molecule is CO[C@@H](Cc1ccc(OCC(=O)N[C@@H](C)c2ccccc2)cc1)C(=O)O. The summed E-state index contributed by atoms with van der Waals surface area (Å²) in [5.41, 5.74) is 1.84. The number of carboxylic acids is 1. The summed E-state index contributed by atoms with van der Waals surface area (Å²) in [7, 11) is 1.37. The molecular formula is C20H23NO5. The van der Waals surface area contributed by atoms with E-state index in [9.17, 15) is 9.59 Å². The van der Waals surface area contributed by atoms with E-state index < -0.39 is 12.1 Å². The van der Waals surface area contributed by atoms with Crippen LogP contribution in [0, 0.1) is 0 Å². The molecule has 0 saturated carbocycles. The van der Waals surface area contributed by atoms with E-state index in [1.807, 2.05) is 37.3 Å². The normalized spacial score (nSPS) is 12.8. The summed E-state index contributed by atoms with van der Waals surface area (Å²) in [6.45, 7) is 1.82. The zero-order valence-corrected chi connectivity index (χ0v) is 14.8. The maximum atomic E-state index is 12.0. The third kappa shape index (κ3) is 5.89. The van der Waals surface area contributed by atoms with Crippen molar-refractivity contribution in [3.05, 3.63) is 65.7 Å². The van der Waals surface area contributed by atoms with Gasteiger partial charge in [0.1, 0.15) is 5.75 Å². The van der Waals surface area contributed by atoms with Crippen LogP contribution in [-0.4, -0.2) is 36.8 Å². The number of ether oxygens (including phenoxy) is 2. The largest absolute Gasteiger partial charge is 0.484 e. The van der Waals surface area contributed by atoms with Crippen molar-refractivity contribution >= 4 is 11.9 Å². The van der Waals surface area contributed by atoms with E-state index in [0.717, 1.165) is 11.1 Å². The van der Waals surface area contributed by atoms with E-state index in [2.05, 4.69) is 5.32 Å². The lowest BCUT2D eigenvalue weighted by Crippen LogP contribution is -2.31. The van der Waals surface area contributed by atoms with E-state index in [1.54, 1.807) is 24.3 Å². The molecule has 138 valence electrons. The fourth-order valence-corrected chi connectivity index (χ4v) is 2.46. The van der Waals surface area contributed by atoms with Crippen molar-refractivity contribution in [2.45, 2.75) is 25.5 Å². The number of methoxy groups -OCH3 is 1. The molecule has 6 heteroatoms. The van der Waals surface area contributed by atoms with Crippen LogP contribution in [0.25, 0.3) is 0 Å². The number of rotatable bonds is 9. The third-order valence-electron chi connectivity index (χ3n) is 3.95. The van der Waals surface area contributed by atoms with Gasteiger partial charge in [0.2, 0.25) is 0 Å². The molecule has 0 radical (unpaired) electrons. The van der Waals surface area contributed by atoms with Gasteiger partial charge in [-0.3, -0.25) is 4.79 Å². The number of nitrogens with one attached hydrogen (secondary N) is 1. The average molecular weight is 357 g/mol. The minimum atomic E-state index is -1.00. The van der Waals surface area contributed by atoms with E-state index in [4.69, 9.17) is 14.6 Å². The molecule has 2 N–H and O–H groups in total. The molecule has 26 heavy (non-hydrogen) atoms. The summed E-state index contributed by atoms with van der Waals surface area (Å²) in [5.74, 6) is -0.673. The minimum Gasteiger partial charge on any atom is -0.484 e. The Balaban J connectivity index is 1.82. The second-order valence-electron chi connectivity index (χ2n) is 5.90. The summed E-state index contributed by atoms with van der Waals surface area (Å²) in [4.78, 5) is 23.0. The quantitative estimate of drug-likeness (QED) is 0.720. The van der Waals surface area contributed by atoms with Gasteiger partial charge in [0, 0.05) is 13.5 Å². The highest BCUT2D eigenvalue weighted by molar-refractivity contribution is 5.78. The predicted molar refractivity (Wildman–Crippen MR) is 97.1 cm³/mol. The molecule has 6 nitrogen and oxygen atoms in total. The highest BCUT2D eigenvalue weighted by Crippen LogP contribution is 2.15. The standard InChI is InChI=1S/C20H23NO5/c1-14(16-6-4-3-5-7-16)21-19(22)13-26-17-10-8-15(9-11-17)12-18(25-2)20(23)24/h3-11,14,18H,12-13H2,1-2H3,(H,21,22)(H,23,24)/t14-,18-/m0/s1. The van der Waals surface area contributed by atoms with Crippen LogP contribution in [0.15, 0.2) is 54.6 Å². The van der Waals surface area contributed by atoms with Gasteiger partial charge in [-0.05, 0) is 30.2 Å². The Kier molecular flexibility index (Phi) is 7.17. The van der Waals surface area contributed by atoms with E-state index >= 15 is 0 Å². The summed E-state index contributed by atoms with van der Waals surface area (Å²) in [6.07, 6.45) is -0.617. The molecule has 2 aromatic rings. The van der Waals surface area contributed by atoms with Crippen LogP contribution in [0.2, 0.25) is 0 Å². The molecule has 0 bridgehead atoms. The second-order valence-corrected chi connectivity index (χ2v) is 5.90. The molecule has 2 atom stereocenters. The Morgan fingerprint density at radius 3 is 2.31 bits per heavy atom. The fourth-order valence-electron chi connectivity index (χ4n) is 2.46. The van der Waals surface area contributed by atoms with Crippen molar-refractivity contribution in [1.29, 1.82) is 0 Å². The van der Waals surface area contributed by atoms with Gasteiger partial charge in [-0.25, -0.2) is 4.79 Å². The number of carbonyl (C=O) groups excluding carboxylic acids is 1. The molecule has 0 saturated heterocycles. The molecule has 0 aliphatic heterocycles. The summed E-state index contributed by atoms with van der Waals surface area (Å²) >= 11 is 0. The summed E-state index contributed by atoms with van der Waals surface area (Å²) in [6, 6.07) is 16.5. The Hall–Kier alpha value is -2.86. The molecule has 0 fully saturated rings. The Bertz CT molecular complexity index is 715. The van der Waals surface area contributed by atoms with Crippen molar-refractivity contribution < 1.29 is 24.2 Å². The first kappa shape index (κ1) is 19.5. The Morgan fingerprint density at radius 1 is 1.08 bits per heavy atom. The van der Waals surface area contributed by atoms with Crippen molar-refractivity contribution in [3.8, 4) is 5.75 Å². The van der Waals surface area contributed by atoms with Crippen molar-refractivity contribution in [3.63, 3.8) is 0 Å². The topological polar surface area (TPSA) is 84.9 Å². The lowest BCUT2D eigenvalue weighted by atomic mass is 10.1. The first-order valence-electron chi connectivity index (χ1n) is 8.31. The van der Waals surface area contributed by atoms with Crippen molar-refractivity contribution in [1.82, 2.24) is 5.32 Å². The number of amides is 1. The lowest BCUT2D eigenvalue weighted by molar-refractivity contribution is -0.148. The average Bonchev–Trinajstić information content (AvgIpc) is 2.65. The third-order valence-corrected chi connectivity index (χ3v) is 3.95. The molecule has 1 amide bonds. The van der Waals surface area contributed by atoms with Crippen LogP contribution in [0.3, 0.4) is 0 Å². The molecule has 2 aromatic carbocycles. The van der Waals surface area contributed by atoms with Crippen LogP contribution in [0.5, 0.6) is 5.75 Å². The number of hydrogen-bond donors (Lipinski definition) is 2. The van der Waals surface area contributed by atoms with Gasteiger partial charge in [-0.1, -0.05) is 42.5 Å². The van der Waals surface area contributed by atoms with Crippen LogP contribution in [0.1, 0.15) is 24.1 Å². The van der Waals surface area contributed by atoms with Crippen molar-refractivity contribution in [2.24, 2.45) is 0 Å². The monoisotopic (exact) mass is 357 g/mol. The number of benzene rings is 2. The maximum Gasteiger partial charge on any atom is 0.333 e. The van der Waals surface area contributed by atoms with Gasteiger partial charge < -0.3 is 19.9 Å². The minimum absolute atomic E-state index is 0.0909. The molecule has 0 aromatic heterocycles. The summed E-state index contributed by atoms with van der Waals surface area (Å²) in [5, 5.41) is 11.9. The molecule has 2 rings (SSSR count). The molecule has 0 heterocycles. The second kappa shape index (κ2) is 9.58. The molecular weight excluding hydrogens is 334 g/mol. The highest BCUT2D eigenvalue weighted by atomic mass is 16.5. The van der Waals surface area contributed by atoms with Crippen LogP contribution < -0.4 is 10.1 Å². The van der Waals surface area contributed by atoms with Crippen LogP contribution in [0.4, 0.5) is 0 Å². The van der Waals surface area contributed by atoms with Gasteiger partial charge in [0.05, 0.1) is 6.04 Å². The zero-order chi connectivity index (χ0) is 18.9. The van der Waals surface area contributed by atoms with Crippen LogP contribution in [-0.2, 0) is 20.7 Å².